The highest BCUT2D eigenvalue weighted by atomic mass is 16.4. The van der Waals surface area contributed by atoms with E-state index in [1.807, 2.05) is 0 Å². The van der Waals surface area contributed by atoms with Crippen molar-refractivity contribution >= 4 is 34.9 Å². The van der Waals surface area contributed by atoms with E-state index in [1.165, 1.54) is 38.1 Å². The first-order chi connectivity index (χ1) is 19.2. The molecule has 41 heavy (non-hydrogen) atoms. The van der Waals surface area contributed by atoms with Crippen LogP contribution in [0.5, 0.6) is 5.75 Å². The number of likely N-dealkylation sites (N-methyl/N-ethyl adjacent to an activating group) is 1. The molecule has 1 fully saturated rings. The van der Waals surface area contributed by atoms with Crippen LogP contribution in [-0.4, -0.2) is 91.6 Å². The van der Waals surface area contributed by atoms with E-state index in [1.54, 1.807) is 36.4 Å². The van der Waals surface area contributed by atoms with Gasteiger partial charge in [0.25, 0.3) is 0 Å². The van der Waals surface area contributed by atoms with Gasteiger partial charge >= 0.3 is 0 Å². The van der Waals surface area contributed by atoms with Crippen molar-refractivity contribution in [2.24, 2.45) is 23.5 Å². The Bertz CT molecular complexity index is 1560. The highest BCUT2D eigenvalue weighted by Crippen LogP contribution is 2.55. The Labute approximate surface area is 234 Å². The van der Waals surface area contributed by atoms with Crippen LogP contribution in [0, 0.1) is 17.8 Å². The van der Waals surface area contributed by atoms with Crippen molar-refractivity contribution in [1.82, 2.24) is 4.90 Å². The maximum atomic E-state index is 13.8. The number of amides is 1. The molecule has 0 spiro atoms. The smallest absolute Gasteiger partial charge is 0.230 e. The van der Waals surface area contributed by atoms with Crippen LogP contribution in [0.3, 0.4) is 0 Å². The van der Waals surface area contributed by atoms with Crippen molar-refractivity contribution < 1.29 is 44.7 Å². The van der Waals surface area contributed by atoms with E-state index < -0.39 is 76.2 Å². The maximum absolute atomic E-state index is 13.8. The first kappa shape index (κ1) is 28.4. The molecule has 0 aromatic heterocycles. The molecule has 2 unspecified atom stereocenters. The monoisotopic (exact) mass is 562 g/mol. The lowest BCUT2D eigenvalue weighted by Gasteiger charge is -2.55. The molecular formula is C30H30N2O9. The van der Waals surface area contributed by atoms with Crippen LogP contribution in [-0.2, 0) is 9.59 Å². The SMILES string of the molecule is CC(=O)c1ccc(/C=C2\c3cccc(O)c3C(=O)C3=C(O)[C@]4(O)C(=O)C(C(N)=O)C(O)[C@@H](N(C)C)[C@@H]4[C@@H](O)[C@@H]32)cc1. The van der Waals surface area contributed by atoms with E-state index in [-0.39, 0.29) is 22.5 Å². The lowest BCUT2D eigenvalue weighted by molar-refractivity contribution is -0.191. The molecule has 3 aliphatic carbocycles. The number of fused-ring (bicyclic) bond motifs is 3. The molecule has 0 bridgehead atoms. The van der Waals surface area contributed by atoms with Gasteiger partial charge in [0.05, 0.1) is 23.3 Å². The van der Waals surface area contributed by atoms with Crippen molar-refractivity contribution in [3.8, 4) is 5.75 Å². The topological polar surface area (TPSA) is 199 Å². The molecule has 7 atom stereocenters. The summed E-state index contributed by atoms with van der Waals surface area (Å²) in [5, 5.41) is 57.1. The van der Waals surface area contributed by atoms with E-state index in [0.717, 1.165) is 0 Å². The number of ketones is 3. The number of phenols is 1. The van der Waals surface area contributed by atoms with Gasteiger partial charge in [0.1, 0.15) is 17.4 Å². The Morgan fingerprint density at radius 3 is 2.20 bits per heavy atom. The van der Waals surface area contributed by atoms with Gasteiger partial charge in [0.2, 0.25) is 5.91 Å². The zero-order valence-corrected chi connectivity index (χ0v) is 22.5. The number of carbonyl (C=O) groups excluding carboxylic acids is 4. The van der Waals surface area contributed by atoms with Gasteiger partial charge in [0, 0.05) is 23.4 Å². The second-order valence-electron chi connectivity index (χ2n) is 11.0. The average Bonchev–Trinajstić information content (AvgIpc) is 2.90. The Hall–Kier alpha value is -4.16. The summed E-state index contributed by atoms with van der Waals surface area (Å²) in [5.74, 6) is -10.0. The number of carbonyl (C=O) groups is 4. The lowest BCUT2D eigenvalue weighted by Crippen LogP contribution is -2.74. The molecule has 0 aliphatic heterocycles. The van der Waals surface area contributed by atoms with Gasteiger partial charge in [-0.2, -0.15) is 0 Å². The molecule has 2 aromatic rings. The highest BCUT2D eigenvalue weighted by molar-refractivity contribution is 6.20. The molecule has 1 amide bonds. The summed E-state index contributed by atoms with van der Waals surface area (Å²) < 4.78 is 0. The predicted molar refractivity (Wildman–Crippen MR) is 146 cm³/mol. The summed E-state index contributed by atoms with van der Waals surface area (Å²) in [4.78, 5) is 52.8. The molecule has 7 N–H and O–H groups in total. The third-order valence-corrected chi connectivity index (χ3v) is 8.54. The van der Waals surface area contributed by atoms with Crippen molar-refractivity contribution in [2.75, 3.05) is 14.1 Å². The van der Waals surface area contributed by atoms with Crippen LogP contribution < -0.4 is 5.73 Å². The number of aromatic hydroxyl groups is 1. The number of Topliss-reactive ketones (excluding diaryl/α,β-unsaturated/α-hetero) is 3. The second kappa shape index (κ2) is 9.74. The van der Waals surface area contributed by atoms with Gasteiger partial charge in [-0.05, 0) is 43.8 Å². The van der Waals surface area contributed by atoms with Gasteiger partial charge in [-0.25, -0.2) is 0 Å². The van der Waals surface area contributed by atoms with Crippen molar-refractivity contribution in [1.29, 1.82) is 0 Å². The number of nitrogens with two attached hydrogens (primary N) is 1. The normalized spacial score (nSPS) is 32.0. The largest absolute Gasteiger partial charge is 0.508 e. The van der Waals surface area contributed by atoms with Gasteiger partial charge in [-0.1, -0.05) is 42.5 Å². The Morgan fingerprint density at radius 1 is 1.00 bits per heavy atom. The van der Waals surface area contributed by atoms with E-state index in [0.29, 0.717) is 11.1 Å². The first-order valence-corrected chi connectivity index (χ1v) is 12.9. The molecule has 11 nitrogen and oxygen atoms in total. The second-order valence-corrected chi connectivity index (χ2v) is 11.0. The van der Waals surface area contributed by atoms with Crippen LogP contribution in [0.2, 0.25) is 0 Å². The molecule has 5 rings (SSSR count). The van der Waals surface area contributed by atoms with Crippen LogP contribution in [0.4, 0.5) is 0 Å². The standard InChI is InChI=1S/C30H30N2O9/c1-12(33)14-9-7-13(8-10-14)11-16-15-5-4-6-17(34)18(15)24(35)20-19(16)25(36)22-23(32(2)3)26(37)21(29(31)40)28(39)30(22,41)27(20)38/h4-11,19,21-23,25-26,34,36-38,41H,1-3H3,(H2,31,40)/b16-11+/t19-,21?,22-,23+,25+,26?,30+/m1/s1. The molecule has 0 saturated heterocycles. The molecule has 11 heteroatoms. The minimum absolute atomic E-state index is 0.149. The van der Waals surface area contributed by atoms with Crippen LogP contribution in [0.1, 0.15) is 38.8 Å². The Morgan fingerprint density at radius 2 is 1.63 bits per heavy atom. The van der Waals surface area contributed by atoms with E-state index >= 15 is 0 Å². The lowest BCUT2D eigenvalue weighted by atomic mass is 9.54. The quantitative estimate of drug-likeness (QED) is 0.225. The fourth-order valence-corrected chi connectivity index (χ4v) is 6.66. The number of aliphatic hydroxyl groups excluding tert-OH is 3. The molecule has 0 radical (unpaired) electrons. The summed E-state index contributed by atoms with van der Waals surface area (Å²) in [6.07, 6.45) is -1.88. The minimum atomic E-state index is -2.95. The first-order valence-electron chi connectivity index (χ1n) is 12.9. The average molecular weight is 563 g/mol. The fourth-order valence-electron chi connectivity index (χ4n) is 6.66. The molecule has 0 heterocycles. The summed E-state index contributed by atoms with van der Waals surface area (Å²) in [6.45, 7) is 1.42. The molecule has 1 saturated carbocycles. The summed E-state index contributed by atoms with van der Waals surface area (Å²) in [7, 11) is 3.00. The summed E-state index contributed by atoms with van der Waals surface area (Å²) >= 11 is 0. The third-order valence-electron chi connectivity index (χ3n) is 8.54. The van der Waals surface area contributed by atoms with E-state index in [4.69, 9.17) is 5.73 Å². The van der Waals surface area contributed by atoms with Crippen LogP contribution >= 0.6 is 0 Å². The third kappa shape index (κ3) is 3.96. The minimum Gasteiger partial charge on any atom is -0.508 e. The van der Waals surface area contributed by atoms with Gasteiger partial charge < -0.3 is 36.2 Å². The Kier molecular flexibility index (Phi) is 6.74. The van der Waals surface area contributed by atoms with Crippen molar-refractivity contribution in [3.05, 3.63) is 76.1 Å². The van der Waals surface area contributed by atoms with Gasteiger partial charge in [-0.15, -0.1) is 0 Å². The number of rotatable bonds is 4. The molecule has 3 aliphatic rings. The van der Waals surface area contributed by atoms with Crippen LogP contribution in [0.15, 0.2) is 53.8 Å². The molecular weight excluding hydrogens is 532 g/mol. The number of nitrogens with zero attached hydrogens (tertiary/aromatic N) is 1. The number of aliphatic hydroxyl groups is 4. The predicted octanol–water partition coefficient (Wildman–Crippen LogP) is 0.457. The number of hydrogen-bond donors (Lipinski definition) is 6. The number of hydrogen-bond acceptors (Lipinski definition) is 10. The van der Waals surface area contributed by atoms with Crippen molar-refractivity contribution in [3.63, 3.8) is 0 Å². The van der Waals surface area contributed by atoms with Crippen molar-refractivity contribution in [2.45, 2.75) is 30.8 Å². The van der Waals surface area contributed by atoms with E-state index in [9.17, 15) is 44.7 Å². The maximum Gasteiger partial charge on any atom is 0.230 e. The zero-order chi connectivity index (χ0) is 30.1. The number of phenolic OH excluding ortho intramolecular Hbond substituents is 1. The van der Waals surface area contributed by atoms with Gasteiger partial charge in [-0.3, -0.25) is 19.2 Å². The van der Waals surface area contributed by atoms with E-state index in [2.05, 4.69) is 0 Å². The number of benzene rings is 2. The highest BCUT2D eigenvalue weighted by Gasteiger charge is 2.69. The zero-order valence-electron chi connectivity index (χ0n) is 22.5. The Balaban J connectivity index is 1.82. The molecule has 214 valence electrons. The fraction of sp³-hybridized carbons (Fsp3) is 0.333. The number of primary amides is 1. The molecule has 2 aromatic carbocycles. The van der Waals surface area contributed by atoms with Crippen LogP contribution in [0.25, 0.3) is 11.6 Å². The summed E-state index contributed by atoms with van der Waals surface area (Å²) in [6, 6.07) is 9.54. The van der Waals surface area contributed by atoms with Gasteiger partial charge in [0.15, 0.2) is 23.0 Å². The summed E-state index contributed by atoms with van der Waals surface area (Å²) in [5.41, 5.74) is 3.25.